The van der Waals surface area contributed by atoms with Gasteiger partial charge in [-0.3, -0.25) is 0 Å². The number of nitrogen functional groups attached to an aromatic ring is 1. The Morgan fingerprint density at radius 2 is 2.15 bits per heavy atom. The van der Waals surface area contributed by atoms with Gasteiger partial charge in [-0.05, 0) is 28.1 Å². The Bertz CT molecular complexity index is 636. The minimum Gasteiger partial charge on any atom is -0.383 e. The van der Waals surface area contributed by atoms with Crippen molar-refractivity contribution in [1.29, 1.82) is 0 Å². The highest BCUT2D eigenvalue weighted by Crippen LogP contribution is 2.29. The van der Waals surface area contributed by atoms with Gasteiger partial charge in [0.15, 0.2) is 0 Å². The van der Waals surface area contributed by atoms with Gasteiger partial charge in [-0.25, -0.2) is 9.97 Å². The highest BCUT2D eigenvalue weighted by atomic mass is 79.9. The van der Waals surface area contributed by atoms with Gasteiger partial charge in [0, 0.05) is 21.4 Å². The van der Waals surface area contributed by atoms with E-state index in [0.29, 0.717) is 24.8 Å². The topological polar surface area (TPSA) is 61.0 Å². The van der Waals surface area contributed by atoms with Crippen LogP contribution >= 0.6 is 27.7 Å². The molecular formula is C14H14BrN3OS. The van der Waals surface area contributed by atoms with Crippen molar-refractivity contribution >= 4 is 33.5 Å². The fourth-order valence-corrected chi connectivity index (χ4v) is 3.50. The van der Waals surface area contributed by atoms with E-state index in [1.165, 1.54) is 4.90 Å². The SMILES string of the molecule is Nc1nc(CSc2ccccc2Br)nc2c1COCC2. The Labute approximate surface area is 130 Å². The summed E-state index contributed by atoms with van der Waals surface area (Å²) in [6, 6.07) is 8.13. The first-order chi connectivity index (χ1) is 9.74. The summed E-state index contributed by atoms with van der Waals surface area (Å²) in [6.07, 6.45) is 0.814. The summed E-state index contributed by atoms with van der Waals surface area (Å²) in [7, 11) is 0. The third-order valence-corrected chi connectivity index (χ3v) is 5.12. The minimum atomic E-state index is 0.527. The van der Waals surface area contributed by atoms with Crippen LogP contribution in [0.1, 0.15) is 17.1 Å². The van der Waals surface area contributed by atoms with Gasteiger partial charge in [-0.15, -0.1) is 11.8 Å². The van der Waals surface area contributed by atoms with Crippen LogP contribution in [0.4, 0.5) is 5.82 Å². The van der Waals surface area contributed by atoms with Crippen molar-refractivity contribution in [2.24, 2.45) is 0 Å². The van der Waals surface area contributed by atoms with Crippen LogP contribution in [0.15, 0.2) is 33.6 Å². The lowest BCUT2D eigenvalue weighted by Gasteiger charge is -2.17. The summed E-state index contributed by atoms with van der Waals surface area (Å²) in [5, 5.41) is 0. The van der Waals surface area contributed by atoms with E-state index in [1.54, 1.807) is 11.8 Å². The molecule has 0 fully saturated rings. The maximum absolute atomic E-state index is 5.99. The predicted octanol–water partition coefficient (Wildman–Crippen LogP) is 3.19. The number of ether oxygens (including phenoxy) is 1. The van der Waals surface area contributed by atoms with Crippen LogP contribution < -0.4 is 5.73 Å². The van der Waals surface area contributed by atoms with Crippen LogP contribution in [0.25, 0.3) is 0 Å². The van der Waals surface area contributed by atoms with Crippen molar-refractivity contribution < 1.29 is 4.74 Å². The number of hydrogen-bond acceptors (Lipinski definition) is 5. The zero-order chi connectivity index (χ0) is 13.9. The molecule has 1 aliphatic rings. The Balaban J connectivity index is 1.78. The molecule has 3 rings (SSSR count). The van der Waals surface area contributed by atoms with E-state index in [2.05, 4.69) is 32.0 Å². The van der Waals surface area contributed by atoms with Crippen molar-refractivity contribution in [3.8, 4) is 0 Å². The molecule has 2 N–H and O–H groups in total. The van der Waals surface area contributed by atoms with Gasteiger partial charge in [0.25, 0.3) is 0 Å². The Morgan fingerprint density at radius 1 is 1.30 bits per heavy atom. The molecule has 104 valence electrons. The van der Waals surface area contributed by atoms with Crippen molar-refractivity contribution in [2.45, 2.75) is 23.7 Å². The lowest BCUT2D eigenvalue weighted by molar-refractivity contribution is 0.109. The van der Waals surface area contributed by atoms with E-state index in [-0.39, 0.29) is 0 Å². The monoisotopic (exact) mass is 351 g/mol. The van der Waals surface area contributed by atoms with E-state index in [1.807, 2.05) is 18.2 Å². The van der Waals surface area contributed by atoms with Crippen LogP contribution in [0.5, 0.6) is 0 Å². The third-order valence-electron chi connectivity index (χ3n) is 3.09. The molecule has 1 aromatic carbocycles. The number of rotatable bonds is 3. The second-order valence-corrected chi connectivity index (χ2v) is 6.34. The Morgan fingerprint density at radius 3 is 3.00 bits per heavy atom. The highest BCUT2D eigenvalue weighted by Gasteiger charge is 2.16. The summed E-state index contributed by atoms with van der Waals surface area (Å²) in [5.74, 6) is 2.04. The summed E-state index contributed by atoms with van der Waals surface area (Å²) in [5.41, 5.74) is 7.98. The molecule has 20 heavy (non-hydrogen) atoms. The van der Waals surface area contributed by atoms with E-state index in [4.69, 9.17) is 10.5 Å². The lowest BCUT2D eigenvalue weighted by Crippen LogP contribution is -2.16. The smallest absolute Gasteiger partial charge is 0.141 e. The number of hydrogen-bond donors (Lipinski definition) is 1. The van der Waals surface area contributed by atoms with Gasteiger partial charge >= 0.3 is 0 Å². The number of halogens is 1. The maximum atomic E-state index is 5.99. The molecule has 0 radical (unpaired) electrons. The van der Waals surface area contributed by atoms with Crippen LogP contribution in [0.2, 0.25) is 0 Å². The van der Waals surface area contributed by atoms with Gasteiger partial charge in [0.05, 0.1) is 24.7 Å². The summed E-state index contributed by atoms with van der Waals surface area (Å²) in [4.78, 5) is 10.2. The second kappa shape index (κ2) is 6.11. The first kappa shape index (κ1) is 13.9. The summed E-state index contributed by atoms with van der Waals surface area (Å²) >= 11 is 5.24. The van der Waals surface area contributed by atoms with Gasteiger partial charge in [-0.2, -0.15) is 0 Å². The number of anilines is 1. The predicted molar refractivity (Wildman–Crippen MR) is 83.5 cm³/mol. The highest BCUT2D eigenvalue weighted by molar-refractivity contribution is 9.10. The lowest BCUT2D eigenvalue weighted by atomic mass is 10.1. The molecule has 2 heterocycles. The molecule has 6 heteroatoms. The molecule has 0 saturated heterocycles. The molecule has 0 amide bonds. The van der Waals surface area contributed by atoms with Crippen molar-refractivity contribution in [1.82, 2.24) is 9.97 Å². The number of fused-ring (bicyclic) bond motifs is 1. The molecule has 1 aliphatic heterocycles. The average molecular weight is 352 g/mol. The van der Waals surface area contributed by atoms with E-state index in [0.717, 1.165) is 28.0 Å². The number of benzene rings is 1. The largest absolute Gasteiger partial charge is 0.383 e. The van der Waals surface area contributed by atoms with Crippen LogP contribution in [0, 0.1) is 0 Å². The fraction of sp³-hybridized carbons (Fsp3) is 0.286. The Hall–Kier alpha value is -1.11. The van der Waals surface area contributed by atoms with Crippen LogP contribution in [-0.4, -0.2) is 16.6 Å². The molecule has 0 atom stereocenters. The summed E-state index contributed by atoms with van der Waals surface area (Å²) < 4.78 is 6.48. The van der Waals surface area contributed by atoms with Crippen molar-refractivity contribution in [2.75, 3.05) is 12.3 Å². The number of aromatic nitrogens is 2. The zero-order valence-electron chi connectivity index (χ0n) is 10.8. The van der Waals surface area contributed by atoms with E-state index in [9.17, 15) is 0 Å². The standard InChI is InChI=1S/C14H14BrN3OS/c15-10-3-1-2-4-12(10)20-8-13-17-11-5-6-19-7-9(11)14(16)18-13/h1-4H,5-8H2,(H2,16,17,18). The molecule has 0 unspecified atom stereocenters. The zero-order valence-corrected chi connectivity index (χ0v) is 13.2. The molecule has 0 bridgehead atoms. The average Bonchev–Trinajstić information content (AvgIpc) is 2.46. The third kappa shape index (κ3) is 2.97. The molecular weight excluding hydrogens is 338 g/mol. The normalized spacial score (nSPS) is 14.1. The van der Waals surface area contributed by atoms with Crippen molar-refractivity contribution in [3.05, 3.63) is 45.8 Å². The number of thioether (sulfide) groups is 1. The number of nitrogens with two attached hydrogens (primary N) is 1. The molecule has 1 aromatic heterocycles. The molecule has 4 nitrogen and oxygen atoms in total. The molecule has 0 aliphatic carbocycles. The van der Waals surface area contributed by atoms with Crippen molar-refractivity contribution in [3.63, 3.8) is 0 Å². The van der Waals surface area contributed by atoms with E-state index >= 15 is 0 Å². The summed E-state index contributed by atoms with van der Waals surface area (Å²) in [6.45, 7) is 1.24. The van der Waals surface area contributed by atoms with Gasteiger partial charge < -0.3 is 10.5 Å². The molecule has 0 spiro atoms. The van der Waals surface area contributed by atoms with E-state index < -0.39 is 0 Å². The van der Waals surface area contributed by atoms with Crippen LogP contribution in [-0.2, 0) is 23.5 Å². The molecule has 2 aromatic rings. The maximum Gasteiger partial charge on any atom is 0.141 e. The fourth-order valence-electron chi connectivity index (χ4n) is 2.08. The number of nitrogens with zero attached hydrogens (tertiary/aromatic N) is 2. The Kier molecular flexibility index (Phi) is 4.24. The first-order valence-electron chi connectivity index (χ1n) is 6.33. The second-order valence-electron chi connectivity index (χ2n) is 4.47. The van der Waals surface area contributed by atoms with Gasteiger partial charge in [0.2, 0.25) is 0 Å². The van der Waals surface area contributed by atoms with Gasteiger partial charge in [-0.1, -0.05) is 12.1 Å². The van der Waals surface area contributed by atoms with Gasteiger partial charge in [0.1, 0.15) is 11.6 Å². The minimum absolute atomic E-state index is 0.527. The quantitative estimate of drug-likeness (QED) is 0.860. The first-order valence-corrected chi connectivity index (χ1v) is 8.11. The molecule has 0 saturated carbocycles. The van der Waals surface area contributed by atoms with Crippen LogP contribution in [0.3, 0.4) is 0 Å².